The number of rotatable bonds is 5. The number of benzene rings is 1. The molecule has 1 aromatic heterocycles. The van der Waals surface area contributed by atoms with Crippen molar-refractivity contribution in [1.82, 2.24) is 4.98 Å². The Morgan fingerprint density at radius 2 is 2.17 bits per heavy atom. The van der Waals surface area contributed by atoms with E-state index in [2.05, 4.69) is 17.2 Å². The Morgan fingerprint density at radius 1 is 1.35 bits per heavy atom. The number of anilines is 1. The second-order valence-electron chi connectivity index (χ2n) is 5.68. The van der Waals surface area contributed by atoms with Gasteiger partial charge < -0.3 is 25.0 Å². The van der Waals surface area contributed by atoms with Gasteiger partial charge in [-0.25, -0.2) is 0 Å². The van der Waals surface area contributed by atoms with E-state index in [1.807, 2.05) is 31.3 Å². The molecule has 3 rings (SSSR count). The van der Waals surface area contributed by atoms with Crippen molar-refractivity contribution in [3.63, 3.8) is 0 Å². The van der Waals surface area contributed by atoms with E-state index in [1.54, 1.807) is 0 Å². The second kappa shape index (κ2) is 6.70. The van der Waals surface area contributed by atoms with E-state index >= 15 is 0 Å². The van der Waals surface area contributed by atoms with Crippen LogP contribution in [0.1, 0.15) is 12.6 Å². The predicted molar refractivity (Wildman–Crippen MR) is 87.9 cm³/mol. The van der Waals surface area contributed by atoms with Crippen LogP contribution in [0.25, 0.3) is 10.9 Å². The van der Waals surface area contributed by atoms with E-state index in [4.69, 9.17) is 9.47 Å². The van der Waals surface area contributed by atoms with Gasteiger partial charge in [-0.1, -0.05) is 6.92 Å². The number of nitrogens with zero attached hydrogens (tertiary/aromatic N) is 1. The Labute approximate surface area is 135 Å². The standard InChI is InChI=1S/C17H22N2O4/c1-3-10-6-13(18-2)12-5-4-11(7-14(12)19-10)22-9-16-17(21)15(20)8-23-16/h4-7,15-17,20-21H,3,8-9H2,1-2H3,(H,18,19). The van der Waals surface area contributed by atoms with E-state index in [0.29, 0.717) is 5.75 Å². The van der Waals surface area contributed by atoms with Crippen LogP contribution in [0.4, 0.5) is 5.69 Å². The Bertz CT molecular complexity index is 692. The molecule has 3 unspecified atom stereocenters. The number of aryl methyl sites for hydroxylation is 1. The summed E-state index contributed by atoms with van der Waals surface area (Å²) in [7, 11) is 1.89. The van der Waals surface area contributed by atoms with Gasteiger partial charge in [0.25, 0.3) is 0 Å². The molecule has 6 nitrogen and oxygen atoms in total. The molecule has 0 spiro atoms. The molecule has 0 bridgehead atoms. The first-order valence-corrected chi connectivity index (χ1v) is 7.84. The topological polar surface area (TPSA) is 83.8 Å². The number of aliphatic hydroxyl groups is 2. The van der Waals surface area contributed by atoms with Crippen molar-refractivity contribution in [3.05, 3.63) is 30.0 Å². The molecule has 0 saturated carbocycles. The van der Waals surface area contributed by atoms with Crippen LogP contribution in [-0.4, -0.2) is 53.8 Å². The molecule has 3 atom stereocenters. The first kappa shape index (κ1) is 16.0. The molecule has 2 aromatic rings. The summed E-state index contributed by atoms with van der Waals surface area (Å²) in [6, 6.07) is 7.76. The minimum atomic E-state index is -0.906. The molecule has 2 heterocycles. The van der Waals surface area contributed by atoms with E-state index in [0.717, 1.165) is 28.7 Å². The zero-order valence-corrected chi connectivity index (χ0v) is 13.3. The molecule has 0 amide bonds. The molecule has 3 N–H and O–H groups in total. The Balaban J connectivity index is 1.79. The predicted octanol–water partition coefficient (Wildman–Crippen LogP) is 1.34. The van der Waals surface area contributed by atoms with Crippen LogP contribution < -0.4 is 10.1 Å². The number of aromatic nitrogens is 1. The molecule has 1 aliphatic rings. The molecule has 1 saturated heterocycles. The molecule has 1 aliphatic heterocycles. The fraction of sp³-hybridized carbons (Fsp3) is 0.471. The van der Waals surface area contributed by atoms with Gasteiger partial charge in [0.2, 0.25) is 0 Å². The lowest BCUT2D eigenvalue weighted by Crippen LogP contribution is -2.33. The van der Waals surface area contributed by atoms with Gasteiger partial charge in [-0.05, 0) is 24.6 Å². The maximum absolute atomic E-state index is 9.77. The number of hydrogen-bond donors (Lipinski definition) is 3. The van der Waals surface area contributed by atoms with E-state index in [1.165, 1.54) is 0 Å². The summed E-state index contributed by atoms with van der Waals surface area (Å²) in [5.41, 5.74) is 2.91. The number of hydrogen-bond acceptors (Lipinski definition) is 6. The van der Waals surface area contributed by atoms with Crippen LogP contribution in [0.5, 0.6) is 5.75 Å². The normalized spacial score (nSPS) is 24.1. The van der Waals surface area contributed by atoms with Crippen molar-refractivity contribution in [2.75, 3.05) is 25.6 Å². The molecule has 0 aliphatic carbocycles. The van der Waals surface area contributed by atoms with Gasteiger partial charge in [-0.2, -0.15) is 0 Å². The van der Waals surface area contributed by atoms with Gasteiger partial charge in [0.15, 0.2) is 0 Å². The molecular formula is C17H22N2O4. The molecule has 124 valence electrons. The number of nitrogens with one attached hydrogen (secondary N) is 1. The van der Waals surface area contributed by atoms with Gasteiger partial charge in [-0.3, -0.25) is 4.98 Å². The third-order valence-electron chi connectivity index (χ3n) is 4.14. The van der Waals surface area contributed by atoms with Crippen LogP contribution in [-0.2, 0) is 11.2 Å². The number of fused-ring (bicyclic) bond motifs is 1. The van der Waals surface area contributed by atoms with E-state index in [9.17, 15) is 10.2 Å². The SMILES string of the molecule is CCc1cc(NC)c2ccc(OCC3OCC(O)C3O)cc2n1. The highest BCUT2D eigenvalue weighted by atomic mass is 16.6. The molecule has 0 radical (unpaired) electrons. The van der Waals surface area contributed by atoms with Crippen LogP contribution in [0.15, 0.2) is 24.3 Å². The van der Waals surface area contributed by atoms with Crippen LogP contribution in [0.2, 0.25) is 0 Å². The summed E-state index contributed by atoms with van der Waals surface area (Å²) in [5.74, 6) is 0.664. The van der Waals surface area contributed by atoms with E-state index < -0.39 is 18.3 Å². The van der Waals surface area contributed by atoms with Crippen LogP contribution in [0, 0.1) is 0 Å². The summed E-state index contributed by atoms with van der Waals surface area (Å²) < 4.78 is 11.0. The largest absolute Gasteiger partial charge is 0.491 e. The Hall–Kier alpha value is -1.89. The second-order valence-corrected chi connectivity index (χ2v) is 5.68. The number of pyridine rings is 1. The Morgan fingerprint density at radius 3 is 2.83 bits per heavy atom. The summed E-state index contributed by atoms with van der Waals surface area (Å²) in [6.07, 6.45) is -1.40. The van der Waals surface area contributed by atoms with Crippen molar-refractivity contribution in [1.29, 1.82) is 0 Å². The third-order valence-corrected chi connectivity index (χ3v) is 4.14. The number of ether oxygens (including phenoxy) is 2. The summed E-state index contributed by atoms with van der Waals surface area (Å²) in [4.78, 5) is 4.63. The zero-order chi connectivity index (χ0) is 16.4. The van der Waals surface area contributed by atoms with Crippen molar-refractivity contribution in [2.45, 2.75) is 31.7 Å². The van der Waals surface area contributed by atoms with Crippen molar-refractivity contribution in [3.8, 4) is 5.75 Å². The Kier molecular flexibility index (Phi) is 4.66. The van der Waals surface area contributed by atoms with Crippen molar-refractivity contribution in [2.24, 2.45) is 0 Å². The minimum absolute atomic E-state index is 0.139. The quantitative estimate of drug-likeness (QED) is 0.771. The highest BCUT2D eigenvalue weighted by Crippen LogP contribution is 2.27. The lowest BCUT2D eigenvalue weighted by atomic mass is 10.1. The van der Waals surface area contributed by atoms with E-state index in [-0.39, 0.29) is 13.2 Å². The number of aliphatic hydroxyl groups excluding tert-OH is 2. The summed E-state index contributed by atoms with van der Waals surface area (Å²) in [5, 5.41) is 23.5. The van der Waals surface area contributed by atoms with Crippen molar-refractivity contribution >= 4 is 16.6 Å². The molecular weight excluding hydrogens is 296 g/mol. The van der Waals surface area contributed by atoms with Gasteiger partial charge in [-0.15, -0.1) is 0 Å². The monoisotopic (exact) mass is 318 g/mol. The smallest absolute Gasteiger partial charge is 0.121 e. The average molecular weight is 318 g/mol. The lowest BCUT2D eigenvalue weighted by molar-refractivity contribution is -0.0000675. The maximum Gasteiger partial charge on any atom is 0.121 e. The summed E-state index contributed by atoms with van der Waals surface area (Å²) >= 11 is 0. The van der Waals surface area contributed by atoms with Gasteiger partial charge >= 0.3 is 0 Å². The molecule has 23 heavy (non-hydrogen) atoms. The van der Waals surface area contributed by atoms with Crippen LogP contribution in [0.3, 0.4) is 0 Å². The van der Waals surface area contributed by atoms with Gasteiger partial charge in [0, 0.05) is 29.9 Å². The van der Waals surface area contributed by atoms with Gasteiger partial charge in [0.1, 0.15) is 30.7 Å². The first-order chi connectivity index (χ1) is 11.1. The first-order valence-electron chi connectivity index (χ1n) is 7.84. The summed E-state index contributed by atoms with van der Waals surface area (Å²) in [6.45, 7) is 2.40. The van der Waals surface area contributed by atoms with Gasteiger partial charge in [0.05, 0.1) is 12.1 Å². The lowest BCUT2D eigenvalue weighted by Gasteiger charge is -2.16. The highest BCUT2D eigenvalue weighted by Gasteiger charge is 2.34. The molecule has 6 heteroatoms. The maximum atomic E-state index is 9.77. The molecule has 1 fully saturated rings. The fourth-order valence-corrected chi connectivity index (χ4v) is 2.73. The van der Waals surface area contributed by atoms with Crippen molar-refractivity contribution < 1.29 is 19.7 Å². The third kappa shape index (κ3) is 3.24. The highest BCUT2D eigenvalue weighted by molar-refractivity contribution is 5.92. The zero-order valence-electron chi connectivity index (χ0n) is 13.3. The minimum Gasteiger partial charge on any atom is -0.491 e. The fourth-order valence-electron chi connectivity index (χ4n) is 2.73. The molecule has 1 aromatic carbocycles. The van der Waals surface area contributed by atoms with Crippen LogP contribution >= 0.6 is 0 Å². The average Bonchev–Trinajstić information content (AvgIpc) is 2.90.